The fourth-order valence-corrected chi connectivity index (χ4v) is 3.03. The van der Waals surface area contributed by atoms with Crippen LogP contribution in [0.4, 0.5) is 5.82 Å². The molecule has 0 spiro atoms. The molecule has 1 aromatic heterocycles. The molecule has 0 aliphatic carbocycles. The van der Waals surface area contributed by atoms with Crippen LogP contribution in [0.1, 0.15) is 51.2 Å². The van der Waals surface area contributed by atoms with Gasteiger partial charge in [0.05, 0.1) is 10.6 Å². The molecule has 0 radical (unpaired) electrons. The Labute approximate surface area is 135 Å². The van der Waals surface area contributed by atoms with Gasteiger partial charge in [0, 0.05) is 16.5 Å². The molecule has 0 aliphatic rings. The first-order valence-corrected chi connectivity index (χ1v) is 8.04. The minimum absolute atomic E-state index is 0.302. The molecule has 1 atom stereocenters. The molecule has 2 aromatic rings. The molecular weight excluding hydrogens is 307 g/mol. The van der Waals surface area contributed by atoms with E-state index in [0.29, 0.717) is 21.8 Å². The van der Waals surface area contributed by atoms with Gasteiger partial charge in [-0.05, 0) is 25.0 Å². The molecule has 3 nitrogen and oxygen atoms in total. The maximum Gasteiger partial charge on any atom is 0.175 e. The van der Waals surface area contributed by atoms with Crippen molar-refractivity contribution in [3.05, 3.63) is 34.0 Å². The molecule has 5 heteroatoms. The van der Waals surface area contributed by atoms with Crippen molar-refractivity contribution in [3.8, 4) is 11.1 Å². The molecule has 0 bridgehead atoms. The van der Waals surface area contributed by atoms with Crippen LogP contribution in [-0.4, -0.2) is 5.16 Å². The molecule has 114 valence electrons. The standard InChI is InChI=1S/C16H20Cl2N2O/c1-3-5-6-10(4-2)15-14(16(19)20-21-15)12-8-7-11(17)9-13(12)18/h7-10H,3-6H2,1-2H3,(H2,19,20). The van der Waals surface area contributed by atoms with Gasteiger partial charge in [-0.25, -0.2) is 0 Å². The number of aromatic nitrogens is 1. The largest absolute Gasteiger partial charge is 0.380 e. The highest BCUT2D eigenvalue weighted by molar-refractivity contribution is 6.36. The number of halogens is 2. The SMILES string of the molecule is CCCCC(CC)c1onc(N)c1-c1ccc(Cl)cc1Cl. The van der Waals surface area contributed by atoms with Crippen LogP contribution in [0.3, 0.4) is 0 Å². The van der Waals surface area contributed by atoms with Gasteiger partial charge in [-0.2, -0.15) is 0 Å². The molecule has 1 heterocycles. The number of benzene rings is 1. The van der Waals surface area contributed by atoms with E-state index in [2.05, 4.69) is 19.0 Å². The first kappa shape index (κ1) is 16.2. The van der Waals surface area contributed by atoms with Crippen molar-refractivity contribution >= 4 is 29.0 Å². The average molecular weight is 327 g/mol. The lowest BCUT2D eigenvalue weighted by Crippen LogP contribution is -1.99. The number of nitrogens with two attached hydrogens (primary N) is 1. The van der Waals surface area contributed by atoms with Crippen molar-refractivity contribution in [2.24, 2.45) is 0 Å². The van der Waals surface area contributed by atoms with Gasteiger partial charge >= 0.3 is 0 Å². The minimum Gasteiger partial charge on any atom is -0.380 e. The monoisotopic (exact) mass is 326 g/mol. The van der Waals surface area contributed by atoms with Gasteiger partial charge in [0.15, 0.2) is 5.82 Å². The number of nitrogens with zero attached hydrogens (tertiary/aromatic N) is 1. The van der Waals surface area contributed by atoms with Crippen molar-refractivity contribution in [1.82, 2.24) is 5.16 Å². The van der Waals surface area contributed by atoms with E-state index < -0.39 is 0 Å². The molecule has 0 fully saturated rings. The predicted molar refractivity (Wildman–Crippen MR) is 88.9 cm³/mol. The zero-order valence-corrected chi connectivity index (χ0v) is 13.8. The fourth-order valence-electron chi connectivity index (χ4n) is 2.53. The molecule has 1 unspecified atom stereocenters. The van der Waals surface area contributed by atoms with Crippen molar-refractivity contribution in [2.45, 2.75) is 45.4 Å². The van der Waals surface area contributed by atoms with Crippen LogP contribution in [-0.2, 0) is 0 Å². The summed E-state index contributed by atoms with van der Waals surface area (Å²) >= 11 is 12.3. The van der Waals surface area contributed by atoms with E-state index in [9.17, 15) is 0 Å². The average Bonchev–Trinajstić information content (AvgIpc) is 2.82. The summed E-state index contributed by atoms with van der Waals surface area (Å²) in [6.07, 6.45) is 4.33. The Balaban J connectivity index is 2.46. The van der Waals surface area contributed by atoms with Crippen molar-refractivity contribution in [1.29, 1.82) is 0 Å². The van der Waals surface area contributed by atoms with Gasteiger partial charge in [-0.1, -0.05) is 61.1 Å². The fraction of sp³-hybridized carbons (Fsp3) is 0.438. The molecule has 21 heavy (non-hydrogen) atoms. The molecular formula is C16H20Cl2N2O. The van der Waals surface area contributed by atoms with E-state index >= 15 is 0 Å². The van der Waals surface area contributed by atoms with Crippen LogP contribution in [0.5, 0.6) is 0 Å². The Bertz CT molecular complexity index is 610. The van der Waals surface area contributed by atoms with Gasteiger partial charge in [-0.3, -0.25) is 0 Å². The lowest BCUT2D eigenvalue weighted by Gasteiger charge is -2.13. The predicted octanol–water partition coefficient (Wildman–Crippen LogP) is 5.91. The summed E-state index contributed by atoms with van der Waals surface area (Å²) in [5, 5.41) is 5.10. The van der Waals surface area contributed by atoms with Crippen LogP contribution in [0, 0.1) is 0 Å². The molecule has 2 rings (SSSR count). The number of rotatable bonds is 6. The van der Waals surface area contributed by atoms with Crippen LogP contribution in [0.25, 0.3) is 11.1 Å². The number of unbranched alkanes of at least 4 members (excludes halogenated alkanes) is 1. The summed E-state index contributed by atoms with van der Waals surface area (Å²) in [7, 11) is 0. The number of hydrogen-bond donors (Lipinski definition) is 1. The van der Waals surface area contributed by atoms with Gasteiger partial charge in [0.2, 0.25) is 0 Å². The molecule has 0 saturated carbocycles. The summed E-state index contributed by atoms with van der Waals surface area (Å²) in [6, 6.07) is 5.37. The Morgan fingerprint density at radius 1 is 1.29 bits per heavy atom. The lowest BCUT2D eigenvalue weighted by atomic mass is 9.91. The van der Waals surface area contributed by atoms with Gasteiger partial charge in [0.25, 0.3) is 0 Å². The topological polar surface area (TPSA) is 52.0 Å². The lowest BCUT2D eigenvalue weighted by molar-refractivity contribution is 0.349. The van der Waals surface area contributed by atoms with Crippen LogP contribution in [0.2, 0.25) is 10.0 Å². The summed E-state index contributed by atoms with van der Waals surface area (Å²) in [4.78, 5) is 0. The van der Waals surface area contributed by atoms with Gasteiger partial charge in [-0.15, -0.1) is 0 Å². The van der Waals surface area contributed by atoms with Crippen LogP contribution >= 0.6 is 23.2 Å². The van der Waals surface area contributed by atoms with E-state index in [0.717, 1.165) is 42.6 Å². The van der Waals surface area contributed by atoms with Crippen LogP contribution < -0.4 is 5.73 Å². The maximum atomic E-state index is 6.31. The maximum absolute atomic E-state index is 6.31. The third-order valence-corrected chi connectivity index (χ3v) is 4.26. The number of hydrogen-bond acceptors (Lipinski definition) is 3. The van der Waals surface area contributed by atoms with Crippen molar-refractivity contribution in [2.75, 3.05) is 5.73 Å². The Morgan fingerprint density at radius 3 is 2.67 bits per heavy atom. The van der Waals surface area contributed by atoms with Crippen molar-refractivity contribution in [3.63, 3.8) is 0 Å². The highest BCUT2D eigenvalue weighted by atomic mass is 35.5. The van der Waals surface area contributed by atoms with E-state index in [1.165, 1.54) is 0 Å². The molecule has 0 saturated heterocycles. The first-order valence-electron chi connectivity index (χ1n) is 7.28. The van der Waals surface area contributed by atoms with Gasteiger partial charge in [0.1, 0.15) is 5.76 Å². The summed E-state index contributed by atoms with van der Waals surface area (Å²) in [6.45, 7) is 4.32. The molecule has 2 N–H and O–H groups in total. The summed E-state index contributed by atoms with van der Waals surface area (Å²) in [5.74, 6) is 1.51. The smallest absolute Gasteiger partial charge is 0.175 e. The quantitative estimate of drug-likeness (QED) is 0.717. The second-order valence-electron chi connectivity index (χ2n) is 5.18. The molecule has 0 amide bonds. The van der Waals surface area contributed by atoms with Crippen LogP contribution in [0.15, 0.2) is 22.7 Å². The van der Waals surface area contributed by atoms with Crippen molar-refractivity contribution < 1.29 is 4.52 Å². The van der Waals surface area contributed by atoms with E-state index in [-0.39, 0.29) is 0 Å². The zero-order chi connectivity index (χ0) is 15.4. The highest BCUT2D eigenvalue weighted by Gasteiger charge is 2.24. The summed E-state index contributed by atoms with van der Waals surface area (Å²) in [5.41, 5.74) is 7.63. The molecule has 0 aliphatic heterocycles. The second-order valence-corrected chi connectivity index (χ2v) is 6.02. The third kappa shape index (κ3) is 3.53. The first-order chi connectivity index (χ1) is 10.1. The minimum atomic E-state index is 0.302. The zero-order valence-electron chi connectivity index (χ0n) is 12.3. The molecule has 1 aromatic carbocycles. The summed E-state index contributed by atoms with van der Waals surface area (Å²) < 4.78 is 5.52. The highest BCUT2D eigenvalue weighted by Crippen LogP contribution is 2.41. The van der Waals surface area contributed by atoms with E-state index in [4.69, 9.17) is 33.5 Å². The van der Waals surface area contributed by atoms with Gasteiger partial charge < -0.3 is 10.3 Å². The third-order valence-electron chi connectivity index (χ3n) is 3.72. The Kier molecular flexibility index (Phi) is 5.54. The number of nitrogen functional groups attached to an aromatic ring is 1. The normalized spacial score (nSPS) is 12.6. The Hall–Kier alpha value is -1.19. The van der Waals surface area contributed by atoms with E-state index in [1.54, 1.807) is 12.1 Å². The van der Waals surface area contributed by atoms with E-state index in [1.807, 2.05) is 6.07 Å². The Morgan fingerprint density at radius 2 is 2.05 bits per heavy atom. The second kappa shape index (κ2) is 7.19. The number of anilines is 1.